The summed E-state index contributed by atoms with van der Waals surface area (Å²) in [6.07, 6.45) is 4.25. The monoisotopic (exact) mass is 267 g/mol. The number of pyridine rings is 1. The molecule has 0 saturated carbocycles. The highest BCUT2D eigenvalue weighted by Gasteiger charge is 2.23. The molecule has 0 aromatic carbocycles. The number of nitrogens with zero attached hydrogens (tertiary/aromatic N) is 3. The second-order valence-electron chi connectivity index (χ2n) is 4.96. The third-order valence-electron chi connectivity index (χ3n) is 3.37. The van der Waals surface area contributed by atoms with E-state index in [4.69, 9.17) is 11.6 Å². The van der Waals surface area contributed by atoms with Gasteiger partial charge in [0.2, 0.25) is 0 Å². The lowest BCUT2D eigenvalue weighted by Gasteiger charge is -2.21. The van der Waals surface area contributed by atoms with Gasteiger partial charge in [-0.2, -0.15) is 0 Å². The Morgan fingerprint density at radius 3 is 3.06 bits per heavy atom. The summed E-state index contributed by atoms with van der Waals surface area (Å²) in [5.41, 5.74) is 0.528. The van der Waals surface area contributed by atoms with Gasteiger partial charge in [-0.3, -0.25) is 9.78 Å². The fourth-order valence-corrected chi connectivity index (χ4v) is 2.60. The van der Waals surface area contributed by atoms with Crippen molar-refractivity contribution in [1.82, 2.24) is 14.8 Å². The molecular formula is C13H18ClN3O. The fourth-order valence-electron chi connectivity index (χ4n) is 2.40. The highest BCUT2D eigenvalue weighted by molar-refractivity contribution is 6.33. The summed E-state index contributed by atoms with van der Waals surface area (Å²) in [6.45, 7) is 2.95. The molecule has 98 valence electrons. The van der Waals surface area contributed by atoms with Crippen LogP contribution in [0.5, 0.6) is 0 Å². The molecule has 1 amide bonds. The van der Waals surface area contributed by atoms with Crippen LogP contribution in [0.25, 0.3) is 0 Å². The largest absolute Gasteiger partial charge is 0.341 e. The average Bonchev–Trinajstić information content (AvgIpc) is 2.74. The lowest BCUT2D eigenvalue weighted by molar-refractivity contribution is 0.0774. The van der Waals surface area contributed by atoms with Crippen molar-refractivity contribution in [3.8, 4) is 0 Å². The zero-order valence-electron chi connectivity index (χ0n) is 10.8. The Morgan fingerprint density at radius 1 is 1.67 bits per heavy atom. The van der Waals surface area contributed by atoms with Crippen molar-refractivity contribution in [2.45, 2.75) is 6.42 Å². The topological polar surface area (TPSA) is 36.4 Å². The molecule has 1 aromatic heterocycles. The van der Waals surface area contributed by atoms with E-state index in [1.807, 2.05) is 7.05 Å². The molecule has 1 aliphatic rings. The van der Waals surface area contributed by atoms with Gasteiger partial charge in [0.1, 0.15) is 0 Å². The molecule has 2 heterocycles. The maximum absolute atomic E-state index is 12.2. The molecule has 0 radical (unpaired) electrons. The molecule has 1 aromatic rings. The zero-order chi connectivity index (χ0) is 13.1. The average molecular weight is 268 g/mol. The Bertz CT molecular complexity index is 438. The summed E-state index contributed by atoms with van der Waals surface area (Å²) in [5, 5.41) is 0.415. The predicted octanol–water partition coefficient (Wildman–Crippen LogP) is 1.76. The number of hydrogen-bond donors (Lipinski definition) is 0. The van der Waals surface area contributed by atoms with Crippen LogP contribution in [0, 0.1) is 5.92 Å². The van der Waals surface area contributed by atoms with E-state index in [0.717, 1.165) is 26.1 Å². The van der Waals surface area contributed by atoms with E-state index in [0.29, 0.717) is 16.5 Å². The quantitative estimate of drug-likeness (QED) is 0.837. The fraction of sp³-hybridized carbons (Fsp3) is 0.538. The summed E-state index contributed by atoms with van der Waals surface area (Å²) < 4.78 is 0. The van der Waals surface area contributed by atoms with Crippen LogP contribution < -0.4 is 0 Å². The Kier molecular flexibility index (Phi) is 4.19. The molecule has 18 heavy (non-hydrogen) atoms. The number of hydrogen-bond acceptors (Lipinski definition) is 3. The number of carbonyl (C=O) groups is 1. The highest BCUT2D eigenvalue weighted by atomic mass is 35.5. The van der Waals surface area contributed by atoms with Crippen molar-refractivity contribution >= 4 is 17.5 Å². The third kappa shape index (κ3) is 3.00. The molecule has 0 bridgehead atoms. The van der Waals surface area contributed by atoms with Gasteiger partial charge in [-0.05, 0) is 32.0 Å². The standard InChI is InChI=1S/C13H18ClN3O/c1-16-6-4-10(8-16)9-17(2)13(18)11-3-5-15-7-12(11)14/h3,5,7,10H,4,6,8-9H2,1-2H3. The molecule has 4 nitrogen and oxygen atoms in total. The Labute approximate surface area is 113 Å². The first-order valence-corrected chi connectivity index (χ1v) is 6.49. The number of rotatable bonds is 3. The minimum atomic E-state index is -0.0306. The molecule has 1 fully saturated rings. The number of carbonyl (C=O) groups excluding carboxylic acids is 1. The Morgan fingerprint density at radius 2 is 2.44 bits per heavy atom. The number of amides is 1. The van der Waals surface area contributed by atoms with Crippen LogP contribution >= 0.6 is 11.6 Å². The van der Waals surface area contributed by atoms with Gasteiger partial charge in [0, 0.05) is 32.5 Å². The number of halogens is 1. The van der Waals surface area contributed by atoms with Crippen LogP contribution in [0.4, 0.5) is 0 Å². The Balaban J connectivity index is 1.99. The molecule has 1 saturated heterocycles. The van der Waals surface area contributed by atoms with E-state index in [2.05, 4.69) is 16.9 Å². The van der Waals surface area contributed by atoms with Gasteiger partial charge < -0.3 is 9.80 Å². The van der Waals surface area contributed by atoms with E-state index in [1.165, 1.54) is 6.20 Å². The first kappa shape index (κ1) is 13.3. The minimum absolute atomic E-state index is 0.0306. The van der Waals surface area contributed by atoms with Gasteiger partial charge in [0.05, 0.1) is 10.6 Å². The molecule has 2 rings (SSSR count). The Hall–Kier alpha value is -1.13. The summed E-state index contributed by atoms with van der Waals surface area (Å²) in [7, 11) is 3.94. The molecule has 1 aliphatic heterocycles. The minimum Gasteiger partial charge on any atom is -0.341 e. The van der Waals surface area contributed by atoms with Crippen molar-refractivity contribution in [3.05, 3.63) is 29.0 Å². The van der Waals surface area contributed by atoms with Crippen LogP contribution in [-0.4, -0.2) is 54.4 Å². The summed E-state index contributed by atoms with van der Waals surface area (Å²) in [5.74, 6) is 0.529. The smallest absolute Gasteiger partial charge is 0.255 e. The van der Waals surface area contributed by atoms with Crippen LogP contribution in [0.3, 0.4) is 0 Å². The van der Waals surface area contributed by atoms with Gasteiger partial charge in [0.25, 0.3) is 5.91 Å². The van der Waals surface area contributed by atoms with Crippen molar-refractivity contribution in [1.29, 1.82) is 0 Å². The van der Waals surface area contributed by atoms with Crippen LogP contribution in [0.2, 0.25) is 5.02 Å². The van der Waals surface area contributed by atoms with Gasteiger partial charge in [-0.25, -0.2) is 0 Å². The van der Waals surface area contributed by atoms with Gasteiger partial charge in [0.15, 0.2) is 0 Å². The predicted molar refractivity (Wildman–Crippen MR) is 71.8 cm³/mol. The maximum atomic E-state index is 12.2. The molecule has 0 spiro atoms. The van der Waals surface area contributed by atoms with Gasteiger partial charge in [-0.1, -0.05) is 11.6 Å². The second-order valence-corrected chi connectivity index (χ2v) is 5.37. The first-order valence-electron chi connectivity index (χ1n) is 6.11. The van der Waals surface area contributed by atoms with Gasteiger partial charge >= 0.3 is 0 Å². The molecule has 5 heteroatoms. The van der Waals surface area contributed by atoms with Crippen LogP contribution in [0.15, 0.2) is 18.5 Å². The summed E-state index contributed by atoms with van der Waals surface area (Å²) in [6, 6.07) is 1.67. The normalized spacial score (nSPS) is 20.1. The lowest BCUT2D eigenvalue weighted by atomic mass is 10.1. The highest BCUT2D eigenvalue weighted by Crippen LogP contribution is 2.19. The summed E-state index contributed by atoms with van der Waals surface area (Å²) in [4.78, 5) is 20.2. The second kappa shape index (κ2) is 5.67. The molecule has 0 N–H and O–H groups in total. The third-order valence-corrected chi connectivity index (χ3v) is 3.67. The molecule has 1 atom stereocenters. The van der Waals surface area contributed by atoms with E-state index in [1.54, 1.807) is 17.2 Å². The molecular weight excluding hydrogens is 250 g/mol. The van der Waals surface area contributed by atoms with E-state index in [-0.39, 0.29) is 5.91 Å². The SMILES string of the molecule is CN1CCC(CN(C)C(=O)c2ccncc2Cl)C1. The number of likely N-dealkylation sites (tertiary alicyclic amines) is 1. The first-order chi connectivity index (χ1) is 8.58. The zero-order valence-corrected chi connectivity index (χ0v) is 11.5. The van der Waals surface area contributed by atoms with E-state index >= 15 is 0 Å². The van der Waals surface area contributed by atoms with Crippen molar-refractivity contribution in [3.63, 3.8) is 0 Å². The maximum Gasteiger partial charge on any atom is 0.255 e. The molecule has 1 unspecified atom stereocenters. The lowest BCUT2D eigenvalue weighted by Crippen LogP contribution is -2.33. The van der Waals surface area contributed by atoms with Crippen molar-refractivity contribution in [2.75, 3.05) is 33.7 Å². The van der Waals surface area contributed by atoms with Crippen molar-refractivity contribution in [2.24, 2.45) is 5.92 Å². The molecule has 0 aliphatic carbocycles. The summed E-state index contributed by atoms with van der Waals surface area (Å²) >= 11 is 5.98. The van der Waals surface area contributed by atoms with E-state index in [9.17, 15) is 4.79 Å². The number of aromatic nitrogens is 1. The van der Waals surface area contributed by atoms with Crippen LogP contribution in [-0.2, 0) is 0 Å². The van der Waals surface area contributed by atoms with Gasteiger partial charge in [-0.15, -0.1) is 0 Å². The van der Waals surface area contributed by atoms with Crippen LogP contribution in [0.1, 0.15) is 16.8 Å². The van der Waals surface area contributed by atoms with E-state index < -0.39 is 0 Å². The van der Waals surface area contributed by atoms with Crippen molar-refractivity contribution < 1.29 is 4.79 Å².